The molecule has 134 valence electrons. The number of anilines is 1. The Labute approximate surface area is 151 Å². The van der Waals surface area contributed by atoms with E-state index in [2.05, 4.69) is 14.8 Å². The third-order valence-electron chi connectivity index (χ3n) is 4.60. The first kappa shape index (κ1) is 16.6. The fourth-order valence-corrected chi connectivity index (χ4v) is 3.24. The molecule has 1 saturated heterocycles. The van der Waals surface area contributed by atoms with E-state index in [0.29, 0.717) is 23.7 Å². The van der Waals surface area contributed by atoms with Crippen LogP contribution in [0.2, 0.25) is 0 Å². The first-order valence-electron chi connectivity index (χ1n) is 8.65. The van der Waals surface area contributed by atoms with Crippen LogP contribution in [0.4, 0.5) is 10.1 Å². The molecule has 0 amide bonds. The van der Waals surface area contributed by atoms with Gasteiger partial charge in [0.25, 0.3) is 0 Å². The second kappa shape index (κ2) is 7.17. The van der Waals surface area contributed by atoms with Crippen LogP contribution in [0.25, 0.3) is 11.5 Å². The Bertz CT molecular complexity index is 888. The molecular weight excluding hydrogens is 333 g/mol. The lowest BCUT2D eigenvalue weighted by Gasteiger charge is -2.35. The number of piperazine rings is 1. The van der Waals surface area contributed by atoms with E-state index in [-0.39, 0.29) is 5.82 Å². The van der Waals surface area contributed by atoms with Gasteiger partial charge in [0.15, 0.2) is 0 Å². The van der Waals surface area contributed by atoms with Gasteiger partial charge in [-0.1, -0.05) is 18.2 Å². The van der Waals surface area contributed by atoms with Crippen LogP contribution >= 0.6 is 0 Å². The summed E-state index contributed by atoms with van der Waals surface area (Å²) in [4.78, 5) is 8.96. The summed E-state index contributed by atoms with van der Waals surface area (Å²) in [7, 11) is 0. The zero-order valence-electron chi connectivity index (χ0n) is 14.3. The van der Waals surface area contributed by atoms with Crippen LogP contribution in [0, 0.1) is 5.82 Å². The standard InChI is InChI=1S/C20H20FN3O2/c21-16-5-3-4-15(12-16)20-22-17(14-26-20)13-23-8-10-24(11-9-23)18-6-1-2-7-19(18)25/h1-7,12,14,25H,8-11,13H2. The summed E-state index contributed by atoms with van der Waals surface area (Å²) in [5.41, 5.74) is 2.35. The van der Waals surface area contributed by atoms with Crippen molar-refractivity contribution >= 4 is 5.69 Å². The molecule has 26 heavy (non-hydrogen) atoms. The third-order valence-corrected chi connectivity index (χ3v) is 4.60. The van der Waals surface area contributed by atoms with Crippen molar-refractivity contribution in [1.29, 1.82) is 0 Å². The smallest absolute Gasteiger partial charge is 0.226 e. The predicted octanol–water partition coefficient (Wildman–Crippen LogP) is 3.51. The number of rotatable bonds is 4. The van der Waals surface area contributed by atoms with E-state index >= 15 is 0 Å². The highest BCUT2D eigenvalue weighted by Crippen LogP contribution is 2.27. The molecule has 0 atom stereocenters. The fraction of sp³-hybridized carbons (Fsp3) is 0.250. The van der Waals surface area contributed by atoms with Gasteiger partial charge in [-0.15, -0.1) is 0 Å². The Morgan fingerprint density at radius 2 is 1.85 bits per heavy atom. The van der Waals surface area contributed by atoms with Crippen molar-refractivity contribution in [2.24, 2.45) is 0 Å². The number of halogens is 1. The lowest BCUT2D eigenvalue weighted by Crippen LogP contribution is -2.46. The van der Waals surface area contributed by atoms with E-state index in [1.807, 2.05) is 18.2 Å². The Balaban J connectivity index is 1.37. The van der Waals surface area contributed by atoms with Crippen LogP contribution < -0.4 is 4.90 Å². The van der Waals surface area contributed by atoms with Gasteiger partial charge in [0.2, 0.25) is 5.89 Å². The number of hydrogen-bond acceptors (Lipinski definition) is 5. The van der Waals surface area contributed by atoms with Crippen LogP contribution in [-0.4, -0.2) is 41.2 Å². The highest BCUT2D eigenvalue weighted by Gasteiger charge is 2.20. The zero-order chi connectivity index (χ0) is 17.9. The topological polar surface area (TPSA) is 52.7 Å². The summed E-state index contributed by atoms with van der Waals surface area (Å²) in [6.07, 6.45) is 1.63. The number of oxazole rings is 1. The largest absolute Gasteiger partial charge is 0.506 e. The summed E-state index contributed by atoms with van der Waals surface area (Å²) < 4.78 is 18.8. The summed E-state index contributed by atoms with van der Waals surface area (Å²) in [5.74, 6) is 0.451. The number of aromatic nitrogens is 1. The van der Waals surface area contributed by atoms with Crippen LogP contribution in [0.3, 0.4) is 0 Å². The molecule has 2 heterocycles. The summed E-state index contributed by atoms with van der Waals surface area (Å²) in [5, 5.41) is 9.99. The number of nitrogens with zero attached hydrogens (tertiary/aromatic N) is 3. The summed E-state index contributed by atoms with van der Waals surface area (Å²) in [6, 6.07) is 13.7. The minimum absolute atomic E-state index is 0.303. The number of phenolic OH excluding ortho intramolecular Hbond substituents is 1. The van der Waals surface area contributed by atoms with Crippen LogP contribution in [0.15, 0.2) is 59.2 Å². The number of hydrogen-bond donors (Lipinski definition) is 1. The number of aromatic hydroxyl groups is 1. The average molecular weight is 353 g/mol. The molecule has 0 radical (unpaired) electrons. The second-order valence-electron chi connectivity index (χ2n) is 6.41. The van der Waals surface area contributed by atoms with Crippen molar-refractivity contribution in [2.75, 3.05) is 31.1 Å². The van der Waals surface area contributed by atoms with Crippen molar-refractivity contribution in [2.45, 2.75) is 6.54 Å². The molecule has 0 saturated carbocycles. The quantitative estimate of drug-likeness (QED) is 0.778. The SMILES string of the molecule is Oc1ccccc1N1CCN(Cc2coc(-c3cccc(F)c3)n2)CC1. The highest BCUT2D eigenvalue weighted by atomic mass is 19.1. The summed E-state index contributed by atoms with van der Waals surface area (Å²) in [6.45, 7) is 4.11. The van der Waals surface area contributed by atoms with Gasteiger partial charge in [0.05, 0.1) is 11.4 Å². The van der Waals surface area contributed by atoms with E-state index in [9.17, 15) is 9.50 Å². The molecule has 0 spiro atoms. The summed E-state index contributed by atoms with van der Waals surface area (Å²) >= 11 is 0. The van der Waals surface area contributed by atoms with E-state index in [1.165, 1.54) is 12.1 Å². The molecule has 1 aliphatic heterocycles. The first-order valence-corrected chi connectivity index (χ1v) is 8.65. The first-order chi connectivity index (χ1) is 12.7. The van der Waals surface area contributed by atoms with Gasteiger partial charge in [-0.05, 0) is 30.3 Å². The van der Waals surface area contributed by atoms with E-state index in [0.717, 1.165) is 37.6 Å². The maximum absolute atomic E-state index is 13.3. The van der Waals surface area contributed by atoms with Crippen molar-refractivity contribution in [3.63, 3.8) is 0 Å². The zero-order valence-corrected chi connectivity index (χ0v) is 14.3. The van der Waals surface area contributed by atoms with Crippen LogP contribution in [0.1, 0.15) is 5.69 Å². The van der Waals surface area contributed by atoms with Gasteiger partial charge in [-0.2, -0.15) is 0 Å². The lowest BCUT2D eigenvalue weighted by atomic mass is 10.2. The Morgan fingerprint density at radius 3 is 2.62 bits per heavy atom. The number of phenols is 1. The van der Waals surface area contributed by atoms with Crippen molar-refractivity contribution in [3.05, 3.63) is 66.3 Å². The number of para-hydroxylation sites is 2. The molecule has 0 unspecified atom stereocenters. The van der Waals surface area contributed by atoms with Gasteiger partial charge in [0, 0.05) is 38.3 Å². The Kier molecular flexibility index (Phi) is 4.58. The molecule has 3 aromatic rings. The minimum atomic E-state index is -0.303. The van der Waals surface area contributed by atoms with Crippen molar-refractivity contribution in [1.82, 2.24) is 9.88 Å². The molecule has 0 bridgehead atoms. The van der Waals surface area contributed by atoms with E-state index in [1.54, 1.807) is 24.5 Å². The fourth-order valence-electron chi connectivity index (χ4n) is 3.24. The molecule has 4 rings (SSSR count). The Morgan fingerprint density at radius 1 is 1.04 bits per heavy atom. The van der Waals surface area contributed by atoms with Gasteiger partial charge >= 0.3 is 0 Å². The molecule has 1 N–H and O–H groups in total. The molecule has 1 aliphatic rings. The second-order valence-corrected chi connectivity index (χ2v) is 6.41. The van der Waals surface area contributed by atoms with Crippen molar-refractivity contribution < 1.29 is 13.9 Å². The number of benzene rings is 2. The van der Waals surface area contributed by atoms with Gasteiger partial charge < -0.3 is 14.4 Å². The molecular formula is C20H20FN3O2. The maximum atomic E-state index is 13.3. The average Bonchev–Trinajstić information content (AvgIpc) is 3.12. The maximum Gasteiger partial charge on any atom is 0.226 e. The van der Waals surface area contributed by atoms with Gasteiger partial charge in [-0.3, -0.25) is 4.90 Å². The normalized spacial score (nSPS) is 15.3. The van der Waals surface area contributed by atoms with E-state index in [4.69, 9.17) is 4.42 Å². The molecule has 1 aromatic heterocycles. The molecule has 6 heteroatoms. The van der Waals surface area contributed by atoms with E-state index < -0.39 is 0 Å². The molecule has 0 aliphatic carbocycles. The van der Waals surface area contributed by atoms with Gasteiger partial charge in [-0.25, -0.2) is 9.37 Å². The third kappa shape index (κ3) is 3.55. The molecule has 1 fully saturated rings. The van der Waals surface area contributed by atoms with Crippen LogP contribution in [-0.2, 0) is 6.54 Å². The predicted molar refractivity (Wildman–Crippen MR) is 97.5 cm³/mol. The molecule has 2 aromatic carbocycles. The highest BCUT2D eigenvalue weighted by molar-refractivity contribution is 5.57. The lowest BCUT2D eigenvalue weighted by molar-refractivity contribution is 0.246. The van der Waals surface area contributed by atoms with Gasteiger partial charge in [0.1, 0.15) is 17.8 Å². The minimum Gasteiger partial charge on any atom is -0.506 e. The van der Waals surface area contributed by atoms with Crippen LogP contribution in [0.5, 0.6) is 5.75 Å². The molecule has 5 nitrogen and oxygen atoms in total. The Hall–Kier alpha value is -2.86. The van der Waals surface area contributed by atoms with Crippen molar-refractivity contribution in [3.8, 4) is 17.2 Å². The monoisotopic (exact) mass is 353 g/mol.